The first kappa shape index (κ1) is 120. The van der Waals surface area contributed by atoms with E-state index < -0.39 is 6.61 Å². The molecule has 0 amide bonds. The number of ketones is 2. The molecular weight excluding hydrogens is 1300 g/mol. The van der Waals surface area contributed by atoms with Gasteiger partial charge in [0.25, 0.3) is 0 Å². The molecule has 6 unspecified atom stereocenters. The van der Waals surface area contributed by atoms with E-state index in [-0.39, 0.29) is 18.2 Å². The van der Waals surface area contributed by atoms with Gasteiger partial charge in [0, 0.05) is 58.8 Å². The summed E-state index contributed by atoms with van der Waals surface area (Å²) in [7, 11) is 7.71. The van der Waals surface area contributed by atoms with E-state index >= 15 is 0 Å². The van der Waals surface area contributed by atoms with Crippen molar-refractivity contribution >= 4 is 23.2 Å². The van der Waals surface area contributed by atoms with E-state index in [0.29, 0.717) is 41.1 Å². The maximum absolute atomic E-state index is 11.2. The number of aryl methyl sites for hydroxylation is 3. The van der Waals surface area contributed by atoms with Crippen LogP contribution >= 0.6 is 11.6 Å². The summed E-state index contributed by atoms with van der Waals surface area (Å²) < 4.78 is 5.21. The maximum Gasteiger partial charge on any atom is 0.188 e. The highest BCUT2D eigenvalue weighted by Gasteiger charge is 2.10. The number of aliphatic hydroxyl groups is 8. The number of rotatable bonds is 17. The van der Waals surface area contributed by atoms with Gasteiger partial charge < -0.3 is 45.6 Å². The van der Waals surface area contributed by atoms with Crippen LogP contribution in [-0.4, -0.2) is 172 Å². The lowest BCUT2D eigenvalue weighted by atomic mass is 9.95. The van der Waals surface area contributed by atoms with Gasteiger partial charge in [-0.25, -0.2) is 0 Å². The van der Waals surface area contributed by atoms with Crippen molar-refractivity contribution in [1.29, 1.82) is 0 Å². The van der Waals surface area contributed by atoms with E-state index in [1.165, 1.54) is 63.8 Å². The number of ether oxygens (including phenoxy) is 1. The van der Waals surface area contributed by atoms with Gasteiger partial charge in [0.05, 0.1) is 13.7 Å². The van der Waals surface area contributed by atoms with Gasteiger partial charge in [0.15, 0.2) is 11.6 Å². The second-order valence-electron chi connectivity index (χ2n) is 20.3. The van der Waals surface area contributed by atoms with Crippen LogP contribution in [-0.2, 0) is 6.61 Å². The fourth-order valence-corrected chi connectivity index (χ4v) is 7.78. The van der Waals surface area contributed by atoms with E-state index in [0.717, 1.165) is 89.4 Å². The molecule has 0 aromatic heterocycles. The number of aliphatic hydroxyl groups excluding tert-OH is 8. The van der Waals surface area contributed by atoms with Crippen LogP contribution in [0.3, 0.4) is 0 Å². The zero-order valence-corrected chi connectivity index (χ0v) is 64.1. The highest BCUT2D eigenvalue weighted by atomic mass is 35.5. The minimum atomic E-state index is -0.413. The molecule has 0 spiro atoms. The first-order valence-electron chi connectivity index (χ1n) is 31.6. The van der Waals surface area contributed by atoms with Gasteiger partial charge in [-0.05, 0) is 188 Å². The summed E-state index contributed by atoms with van der Waals surface area (Å²) in [4.78, 5) is 22.3. The van der Waals surface area contributed by atoms with Crippen molar-refractivity contribution in [2.45, 2.75) is 191 Å². The number of methoxy groups -OCH3 is 1. The maximum atomic E-state index is 11.2. The number of Topliss-reactive ketones (excluding diaryl/α,β-unsaturated/α-hetero) is 2. The van der Waals surface area contributed by atoms with Crippen molar-refractivity contribution in [2.75, 3.05) is 56.4 Å². The molecule has 99 heavy (non-hydrogen) atoms. The highest BCUT2D eigenvalue weighted by molar-refractivity contribution is 6.30. The number of halogens is 1. The second-order valence-corrected chi connectivity index (χ2v) is 20.7. The highest BCUT2D eigenvalue weighted by Crippen LogP contribution is 2.26. The van der Waals surface area contributed by atoms with E-state index in [9.17, 15) is 9.59 Å². The molecule has 578 valence electrons. The minimum absolute atomic E-state index is 0.143. The first-order valence-corrected chi connectivity index (χ1v) is 32.0. The molecule has 0 aliphatic heterocycles. The number of carbonyl (C=O) groups excluding carboxylic acids is 2. The Kier molecular flexibility index (Phi) is 111. The average Bonchev–Trinajstić information content (AvgIpc) is 1.16. The fraction of sp³-hybridized carbons (Fsp3) is 0.493. The SMILES string of the molecule is CCC(C)c1ccc(C)c(C)c1.CCC(C)c1ccc(Cl)cc1.CCC(C)c1ccc(OC)c(C)c1.CCC(C)c1cccc(C(=O)CO)c1.CCC(C)c1cccc(C(C)=O)c1.CCC(C)c1cccc(CO)c1.CO.CO.CO.CO.CO.CO.OO.OO.OO.OO.OO.OO. The van der Waals surface area contributed by atoms with Crippen molar-refractivity contribution in [3.8, 4) is 5.75 Å². The zero-order chi connectivity index (χ0) is 80.6. The van der Waals surface area contributed by atoms with Crippen LogP contribution in [0.15, 0.2) is 133 Å². The molecule has 20 N–H and O–H groups in total. The Morgan fingerprint density at radius 1 is 0.364 bits per heavy atom. The molecule has 6 rings (SSSR count). The third kappa shape index (κ3) is 61.5. The van der Waals surface area contributed by atoms with Crippen LogP contribution in [0.1, 0.15) is 240 Å². The van der Waals surface area contributed by atoms with Crippen molar-refractivity contribution in [1.82, 2.24) is 0 Å². The van der Waals surface area contributed by atoms with Crippen molar-refractivity contribution in [3.05, 3.63) is 205 Å². The van der Waals surface area contributed by atoms with Gasteiger partial charge in [-0.15, -0.1) is 0 Å². The Morgan fingerprint density at radius 2 is 0.646 bits per heavy atom. The van der Waals surface area contributed by atoms with E-state index in [1.807, 2.05) is 60.7 Å². The number of carbonyl (C=O) groups is 2. The predicted octanol–water partition coefficient (Wildman–Crippen LogP) is 17.4. The summed E-state index contributed by atoms with van der Waals surface area (Å²) in [6.45, 7) is 34.1. The second kappa shape index (κ2) is 92.0. The molecule has 6 aromatic rings. The minimum Gasteiger partial charge on any atom is -0.496 e. The topological polar surface area (TPSA) is 448 Å². The third-order valence-electron chi connectivity index (χ3n) is 14.7. The fourth-order valence-electron chi connectivity index (χ4n) is 7.66. The largest absolute Gasteiger partial charge is 0.496 e. The number of benzene rings is 6. The normalized spacial score (nSPS) is 10.4. The number of hydrogen-bond acceptors (Lipinski definition) is 23. The predicted molar refractivity (Wildman–Crippen MR) is 404 cm³/mol. The lowest BCUT2D eigenvalue weighted by molar-refractivity contribution is -0.176. The summed E-state index contributed by atoms with van der Waals surface area (Å²) in [5.74, 6) is 4.49. The Labute approximate surface area is 597 Å². The van der Waals surface area contributed by atoms with Gasteiger partial charge in [-0.3, -0.25) is 72.7 Å². The smallest absolute Gasteiger partial charge is 0.188 e. The van der Waals surface area contributed by atoms with Gasteiger partial charge in [0.1, 0.15) is 12.4 Å². The molecule has 6 atom stereocenters. The Hall–Kier alpha value is -6.05. The molecule has 0 heterocycles. The molecule has 0 aliphatic carbocycles. The van der Waals surface area contributed by atoms with Crippen molar-refractivity contribution < 1.29 is 118 Å². The molecule has 6 aromatic carbocycles. The van der Waals surface area contributed by atoms with Crippen LogP contribution in [0, 0.1) is 20.8 Å². The van der Waals surface area contributed by atoms with Gasteiger partial charge in [-0.1, -0.05) is 198 Å². The number of hydrogen-bond donors (Lipinski definition) is 20. The van der Waals surface area contributed by atoms with Gasteiger partial charge in [0.2, 0.25) is 0 Å². The molecule has 0 saturated heterocycles. The Balaban J connectivity index is -0.0000000863. The van der Waals surface area contributed by atoms with Crippen LogP contribution in [0.4, 0.5) is 0 Å². The van der Waals surface area contributed by atoms with Crippen LogP contribution < -0.4 is 4.74 Å². The molecule has 24 heteroatoms. The summed E-state index contributed by atoms with van der Waals surface area (Å²) in [6.07, 6.45) is 6.91. The van der Waals surface area contributed by atoms with E-state index in [2.05, 4.69) is 171 Å². The summed E-state index contributed by atoms with van der Waals surface area (Å²) in [5, 5.41) is 132. The molecule has 0 fully saturated rings. The lowest BCUT2D eigenvalue weighted by Crippen LogP contribution is -2.05. The van der Waals surface area contributed by atoms with Crippen molar-refractivity contribution in [3.63, 3.8) is 0 Å². The lowest BCUT2D eigenvalue weighted by Gasteiger charge is -2.11. The monoisotopic (exact) mass is 1440 g/mol. The van der Waals surface area contributed by atoms with E-state index in [1.54, 1.807) is 20.1 Å². The molecule has 0 radical (unpaired) electrons. The standard InChI is InChI=1S/C12H16O2.C12H18O.C12H16O.C12H18.C11H16O.C10H13Cl.6CH4O.6H2O2/c1-3-9(2)10-5-4-6-11(7-10)12(14)8-13;1-5-9(2)11-6-7-12(13-4)10(3)8-11;1-4-9(2)11-6-5-7-12(8-11)10(3)13;1-5-9(2)12-7-6-10(3)11(4)8-12;1-3-9(2)11-6-4-5-10(7-11)8-12;1-3-8(2)9-4-6-10(11)7-5-9;12*1-2/h4-7,9,13H,3,8H2,1-2H3;6-9H,5H2,1-4H3;5-9H,4H2,1-3H3;6-9H,5H2,1-4H3;4-7,9,12H,3,8H2,1-2H3;4-8H,3H2,1-2H3;6*2H,1H3;6*1-2H. The third-order valence-corrected chi connectivity index (χ3v) is 14.9. The van der Waals surface area contributed by atoms with Crippen LogP contribution in [0.2, 0.25) is 5.02 Å². The zero-order valence-electron chi connectivity index (χ0n) is 63.4. The molecule has 0 aliphatic rings. The Morgan fingerprint density at radius 3 is 0.949 bits per heavy atom. The Bertz CT molecular complexity index is 2580. The summed E-state index contributed by atoms with van der Waals surface area (Å²) >= 11 is 5.76. The van der Waals surface area contributed by atoms with Gasteiger partial charge >= 0.3 is 0 Å². The molecule has 0 bridgehead atoms. The van der Waals surface area contributed by atoms with Gasteiger partial charge in [-0.2, -0.15) is 0 Å². The molecule has 0 saturated carbocycles. The van der Waals surface area contributed by atoms with E-state index in [4.69, 9.17) is 120 Å². The average molecular weight is 1440 g/mol. The van der Waals surface area contributed by atoms with Crippen LogP contribution in [0.5, 0.6) is 5.75 Å². The van der Waals surface area contributed by atoms with Crippen LogP contribution in [0.25, 0.3) is 0 Å². The molecular formula is C75H133ClO23. The summed E-state index contributed by atoms with van der Waals surface area (Å²) in [5.41, 5.74) is 14.4. The first-order chi connectivity index (χ1) is 47.7. The molecule has 23 nitrogen and oxygen atoms in total. The quantitative estimate of drug-likeness (QED) is 0.0229. The summed E-state index contributed by atoms with van der Waals surface area (Å²) in [6, 6.07) is 44.8. The van der Waals surface area contributed by atoms with Crippen molar-refractivity contribution in [2.24, 2.45) is 0 Å².